The first-order valence-corrected chi connectivity index (χ1v) is 10.6. The second-order valence-corrected chi connectivity index (χ2v) is 7.61. The number of hydrogen-bond acceptors (Lipinski definition) is 6. The summed E-state index contributed by atoms with van der Waals surface area (Å²) in [6, 6.07) is 15.0. The van der Waals surface area contributed by atoms with Gasteiger partial charge in [-0.1, -0.05) is 29.4 Å². The molecule has 0 aliphatic heterocycles. The molecule has 0 unspecified atom stereocenters. The molecule has 8 nitrogen and oxygen atoms in total. The van der Waals surface area contributed by atoms with Gasteiger partial charge < -0.3 is 19.3 Å². The molecule has 2 heterocycles. The summed E-state index contributed by atoms with van der Waals surface area (Å²) < 4.78 is 18.4. The van der Waals surface area contributed by atoms with E-state index in [1.807, 2.05) is 55.1 Å². The summed E-state index contributed by atoms with van der Waals surface area (Å²) >= 11 is 0. The Morgan fingerprint density at radius 1 is 1.09 bits per heavy atom. The third-order valence-corrected chi connectivity index (χ3v) is 5.43. The maximum atomic E-state index is 12.8. The molecular weight excluding hydrogens is 420 g/mol. The Morgan fingerprint density at radius 3 is 2.61 bits per heavy atom. The van der Waals surface area contributed by atoms with Gasteiger partial charge in [0.25, 0.3) is 5.91 Å². The van der Waals surface area contributed by atoms with Crippen LogP contribution in [0.4, 0.5) is 0 Å². The first-order chi connectivity index (χ1) is 16.0. The van der Waals surface area contributed by atoms with Crippen LogP contribution in [0.3, 0.4) is 0 Å². The molecule has 0 saturated heterocycles. The Kier molecular flexibility index (Phi) is 6.73. The Labute approximate surface area is 192 Å². The minimum absolute atomic E-state index is 0.195. The zero-order chi connectivity index (χ0) is 23.2. The summed E-state index contributed by atoms with van der Waals surface area (Å²) in [6.07, 6.45) is 3.66. The normalized spacial score (nSPS) is 10.8. The van der Waals surface area contributed by atoms with Crippen molar-refractivity contribution in [3.63, 3.8) is 0 Å². The van der Waals surface area contributed by atoms with Gasteiger partial charge in [0.1, 0.15) is 12.4 Å². The molecule has 0 fully saturated rings. The summed E-state index contributed by atoms with van der Waals surface area (Å²) in [4.78, 5) is 12.8. The molecule has 170 valence electrons. The van der Waals surface area contributed by atoms with Crippen LogP contribution in [-0.4, -0.2) is 28.0 Å². The van der Waals surface area contributed by atoms with Crippen molar-refractivity contribution >= 4 is 5.91 Å². The summed E-state index contributed by atoms with van der Waals surface area (Å²) in [7, 11) is 1.55. The molecule has 2 aromatic carbocycles. The Morgan fingerprint density at radius 2 is 1.91 bits per heavy atom. The van der Waals surface area contributed by atoms with Gasteiger partial charge in [0.15, 0.2) is 11.5 Å². The highest BCUT2D eigenvalue weighted by molar-refractivity contribution is 5.94. The first-order valence-electron chi connectivity index (χ1n) is 10.6. The summed E-state index contributed by atoms with van der Waals surface area (Å²) in [5.74, 6) is 1.54. The molecule has 33 heavy (non-hydrogen) atoms. The SMILES string of the molecule is COc1cc(C(=O)NCc2ccccc2Cn2cccn2)ccc1OCc1c(C)noc1C. The molecule has 1 N–H and O–H groups in total. The second kappa shape index (κ2) is 10.0. The van der Waals surface area contributed by atoms with E-state index in [1.165, 1.54) is 0 Å². The van der Waals surface area contributed by atoms with Crippen molar-refractivity contribution in [3.8, 4) is 11.5 Å². The fraction of sp³-hybridized carbons (Fsp3) is 0.240. The number of carbonyl (C=O) groups excluding carboxylic acids is 1. The van der Waals surface area contributed by atoms with E-state index >= 15 is 0 Å². The number of carbonyl (C=O) groups is 1. The largest absolute Gasteiger partial charge is 0.493 e. The molecule has 0 saturated carbocycles. The van der Waals surface area contributed by atoms with Crippen LogP contribution in [0.2, 0.25) is 0 Å². The van der Waals surface area contributed by atoms with Crippen molar-refractivity contribution in [3.05, 3.63) is 94.6 Å². The van der Waals surface area contributed by atoms with Crippen molar-refractivity contribution in [2.24, 2.45) is 0 Å². The van der Waals surface area contributed by atoms with Crippen LogP contribution in [0.5, 0.6) is 11.5 Å². The zero-order valence-electron chi connectivity index (χ0n) is 18.9. The fourth-order valence-corrected chi connectivity index (χ4v) is 3.52. The van der Waals surface area contributed by atoms with Crippen LogP contribution < -0.4 is 14.8 Å². The number of nitrogens with one attached hydrogen (secondary N) is 1. The Bertz CT molecular complexity index is 1210. The van der Waals surface area contributed by atoms with Crippen molar-refractivity contribution < 1.29 is 18.8 Å². The minimum atomic E-state index is -0.195. The standard InChI is InChI=1S/C25H26N4O4/c1-17-22(18(2)33-28-17)16-32-23-10-9-19(13-24(23)31-3)25(30)26-14-20-7-4-5-8-21(20)15-29-12-6-11-27-29/h4-13H,14-16H2,1-3H3,(H,26,30). The van der Waals surface area contributed by atoms with E-state index in [4.69, 9.17) is 14.0 Å². The lowest BCUT2D eigenvalue weighted by Crippen LogP contribution is -2.23. The van der Waals surface area contributed by atoms with E-state index < -0.39 is 0 Å². The van der Waals surface area contributed by atoms with Gasteiger partial charge in [-0.3, -0.25) is 9.48 Å². The lowest BCUT2D eigenvalue weighted by Gasteiger charge is -2.13. The van der Waals surface area contributed by atoms with Gasteiger partial charge in [-0.25, -0.2) is 0 Å². The van der Waals surface area contributed by atoms with Crippen molar-refractivity contribution in [2.75, 3.05) is 7.11 Å². The third-order valence-electron chi connectivity index (χ3n) is 5.43. The van der Waals surface area contributed by atoms with E-state index in [-0.39, 0.29) is 5.91 Å². The molecule has 0 radical (unpaired) electrons. The van der Waals surface area contributed by atoms with Gasteiger partial charge in [-0.15, -0.1) is 0 Å². The molecule has 4 rings (SSSR count). The monoisotopic (exact) mass is 446 g/mol. The lowest BCUT2D eigenvalue weighted by atomic mass is 10.1. The van der Waals surface area contributed by atoms with E-state index in [0.717, 1.165) is 28.1 Å². The lowest BCUT2D eigenvalue weighted by molar-refractivity contribution is 0.0950. The number of ether oxygens (including phenoxy) is 2. The number of methoxy groups -OCH3 is 1. The Hall–Kier alpha value is -4.07. The molecule has 0 aliphatic carbocycles. The predicted octanol–water partition coefficient (Wildman–Crippen LogP) is 4.05. The van der Waals surface area contributed by atoms with E-state index in [1.54, 1.807) is 31.5 Å². The van der Waals surface area contributed by atoms with Crippen molar-refractivity contribution in [2.45, 2.75) is 33.5 Å². The van der Waals surface area contributed by atoms with Gasteiger partial charge in [-0.05, 0) is 49.2 Å². The van der Waals surface area contributed by atoms with Crippen LogP contribution in [0, 0.1) is 13.8 Å². The van der Waals surface area contributed by atoms with Gasteiger partial charge in [0.2, 0.25) is 0 Å². The molecule has 0 aliphatic rings. The number of aryl methyl sites for hydroxylation is 2. The van der Waals surface area contributed by atoms with E-state index in [9.17, 15) is 4.79 Å². The smallest absolute Gasteiger partial charge is 0.251 e. The van der Waals surface area contributed by atoms with Crippen molar-refractivity contribution in [1.29, 1.82) is 0 Å². The highest BCUT2D eigenvalue weighted by Crippen LogP contribution is 2.29. The van der Waals surface area contributed by atoms with Crippen LogP contribution in [0.15, 0.2) is 65.4 Å². The maximum absolute atomic E-state index is 12.8. The van der Waals surface area contributed by atoms with Crippen LogP contribution in [0.25, 0.3) is 0 Å². The quantitative estimate of drug-likeness (QED) is 0.417. The van der Waals surface area contributed by atoms with E-state index in [0.29, 0.717) is 36.8 Å². The highest BCUT2D eigenvalue weighted by Gasteiger charge is 2.14. The van der Waals surface area contributed by atoms with Crippen LogP contribution in [-0.2, 0) is 19.7 Å². The number of amides is 1. The zero-order valence-corrected chi connectivity index (χ0v) is 18.9. The first kappa shape index (κ1) is 22.1. The van der Waals surface area contributed by atoms with Crippen LogP contribution in [0.1, 0.15) is 38.5 Å². The molecule has 8 heteroatoms. The highest BCUT2D eigenvalue weighted by atomic mass is 16.5. The maximum Gasteiger partial charge on any atom is 0.251 e. The number of rotatable bonds is 9. The van der Waals surface area contributed by atoms with Crippen molar-refractivity contribution in [1.82, 2.24) is 20.3 Å². The number of nitrogens with zero attached hydrogens (tertiary/aromatic N) is 3. The summed E-state index contributed by atoms with van der Waals surface area (Å²) in [6.45, 7) is 5.06. The number of aromatic nitrogens is 3. The Balaban J connectivity index is 1.42. The molecule has 1 amide bonds. The van der Waals surface area contributed by atoms with Gasteiger partial charge in [0, 0.05) is 24.5 Å². The molecule has 0 bridgehead atoms. The summed E-state index contributed by atoms with van der Waals surface area (Å²) in [5.41, 5.74) is 4.30. The predicted molar refractivity (Wildman–Crippen MR) is 122 cm³/mol. The number of benzene rings is 2. The number of hydrogen-bond donors (Lipinski definition) is 1. The van der Waals surface area contributed by atoms with Gasteiger partial charge >= 0.3 is 0 Å². The molecular formula is C25H26N4O4. The fourth-order valence-electron chi connectivity index (χ4n) is 3.52. The van der Waals surface area contributed by atoms with E-state index in [2.05, 4.69) is 15.6 Å². The average Bonchev–Trinajstić information content (AvgIpc) is 3.46. The minimum Gasteiger partial charge on any atom is -0.493 e. The third kappa shape index (κ3) is 5.23. The second-order valence-electron chi connectivity index (χ2n) is 7.61. The van der Waals surface area contributed by atoms with Crippen LogP contribution >= 0.6 is 0 Å². The van der Waals surface area contributed by atoms with Gasteiger partial charge in [-0.2, -0.15) is 5.10 Å². The molecule has 0 spiro atoms. The summed E-state index contributed by atoms with van der Waals surface area (Å²) in [5, 5.41) is 11.2. The molecule has 2 aromatic heterocycles. The molecule has 0 atom stereocenters. The molecule has 4 aromatic rings. The topological polar surface area (TPSA) is 91.4 Å². The average molecular weight is 447 g/mol. The van der Waals surface area contributed by atoms with Gasteiger partial charge in [0.05, 0.1) is 24.9 Å².